The SMILES string of the molecule is CC(=O)N1CC(C)N(C(C)=O)C(C)C1. The summed E-state index contributed by atoms with van der Waals surface area (Å²) >= 11 is 0. The molecule has 0 spiro atoms. The summed E-state index contributed by atoms with van der Waals surface area (Å²) in [6.45, 7) is 8.41. The highest BCUT2D eigenvalue weighted by Gasteiger charge is 2.31. The molecule has 80 valence electrons. The van der Waals surface area contributed by atoms with Crippen LogP contribution in [0.25, 0.3) is 0 Å². The van der Waals surface area contributed by atoms with Gasteiger partial charge in [0.1, 0.15) is 0 Å². The van der Waals surface area contributed by atoms with Crippen LogP contribution < -0.4 is 0 Å². The molecular weight excluding hydrogens is 180 g/mol. The number of carbonyl (C=O) groups is 2. The second-order valence-electron chi connectivity index (χ2n) is 4.05. The summed E-state index contributed by atoms with van der Waals surface area (Å²) < 4.78 is 0. The first kappa shape index (κ1) is 11.0. The molecule has 1 aliphatic rings. The largest absolute Gasteiger partial charge is 0.339 e. The maximum atomic E-state index is 11.3. The minimum atomic E-state index is 0.0897. The molecule has 2 unspecified atom stereocenters. The van der Waals surface area contributed by atoms with E-state index >= 15 is 0 Å². The minimum absolute atomic E-state index is 0.0897. The molecule has 0 aromatic heterocycles. The van der Waals surface area contributed by atoms with Gasteiger partial charge < -0.3 is 9.80 Å². The van der Waals surface area contributed by atoms with Crippen molar-refractivity contribution in [3.63, 3.8) is 0 Å². The van der Waals surface area contributed by atoms with Crippen LogP contribution >= 0.6 is 0 Å². The molecule has 2 amide bonds. The molecule has 1 saturated heterocycles. The Hall–Kier alpha value is -1.06. The highest BCUT2D eigenvalue weighted by Crippen LogP contribution is 2.15. The van der Waals surface area contributed by atoms with Crippen LogP contribution in [0, 0.1) is 0 Å². The molecule has 1 aliphatic heterocycles. The Bertz CT molecular complexity index is 241. The lowest BCUT2D eigenvalue weighted by Gasteiger charge is -2.43. The fourth-order valence-corrected chi connectivity index (χ4v) is 2.20. The number of hydrogen-bond donors (Lipinski definition) is 0. The van der Waals surface area contributed by atoms with E-state index in [4.69, 9.17) is 0 Å². The lowest BCUT2D eigenvalue weighted by molar-refractivity contribution is -0.143. The van der Waals surface area contributed by atoms with Crippen molar-refractivity contribution < 1.29 is 9.59 Å². The van der Waals surface area contributed by atoms with Crippen molar-refractivity contribution in [2.45, 2.75) is 39.8 Å². The Kier molecular flexibility index (Phi) is 3.13. The predicted octanol–water partition coefficient (Wildman–Crippen LogP) is 0.474. The van der Waals surface area contributed by atoms with Gasteiger partial charge in [0.15, 0.2) is 0 Å². The third-order valence-corrected chi connectivity index (χ3v) is 2.73. The van der Waals surface area contributed by atoms with E-state index in [2.05, 4.69) is 0 Å². The topological polar surface area (TPSA) is 40.6 Å². The van der Waals surface area contributed by atoms with Crippen LogP contribution in [0.1, 0.15) is 27.7 Å². The van der Waals surface area contributed by atoms with E-state index in [1.54, 1.807) is 18.7 Å². The van der Waals surface area contributed by atoms with E-state index < -0.39 is 0 Å². The summed E-state index contributed by atoms with van der Waals surface area (Å²) in [5.41, 5.74) is 0. The summed E-state index contributed by atoms with van der Waals surface area (Å²) in [6.07, 6.45) is 0. The van der Waals surface area contributed by atoms with Gasteiger partial charge in [0.05, 0.1) is 0 Å². The van der Waals surface area contributed by atoms with Crippen molar-refractivity contribution in [2.75, 3.05) is 13.1 Å². The average molecular weight is 198 g/mol. The number of hydrogen-bond acceptors (Lipinski definition) is 2. The van der Waals surface area contributed by atoms with Crippen LogP contribution in [0.2, 0.25) is 0 Å². The fraction of sp³-hybridized carbons (Fsp3) is 0.800. The van der Waals surface area contributed by atoms with Gasteiger partial charge in [0.2, 0.25) is 11.8 Å². The second kappa shape index (κ2) is 3.98. The Morgan fingerprint density at radius 1 is 1.00 bits per heavy atom. The van der Waals surface area contributed by atoms with Crippen LogP contribution in [-0.2, 0) is 9.59 Å². The molecule has 0 aromatic carbocycles. The van der Waals surface area contributed by atoms with E-state index in [1.807, 2.05) is 18.7 Å². The van der Waals surface area contributed by atoms with E-state index in [0.717, 1.165) is 0 Å². The number of piperazine rings is 1. The lowest BCUT2D eigenvalue weighted by Crippen LogP contribution is -2.58. The van der Waals surface area contributed by atoms with Gasteiger partial charge in [-0.3, -0.25) is 9.59 Å². The Balaban J connectivity index is 2.72. The van der Waals surface area contributed by atoms with E-state index in [9.17, 15) is 9.59 Å². The zero-order chi connectivity index (χ0) is 10.9. The zero-order valence-corrected chi connectivity index (χ0v) is 9.28. The van der Waals surface area contributed by atoms with Gasteiger partial charge in [0, 0.05) is 39.0 Å². The van der Waals surface area contributed by atoms with E-state index in [-0.39, 0.29) is 23.9 Å². The molecule has 1 heterocycles. The number of nitrogens with zero attached hydrogens (tertiary/aromatic N) is 2. The molecule has 4 heteroatoms. The van der Waals surface area contributed by atoms with Crippen molar-refractivity contribution in [1.82, 2.24) is 9.80 Å². The summed E-state index contributed by atoms with van der Waals surface area (Å²) in [5, 5.41) is 0. The molecular formula is C10H18N2O2. The molecule has 14 heavy (non-hydrogen) atoms. The molecule has 0 aromatic rings. The first-order valence-corrected chi connectivity index (χ1v) is 4.98. The smallest absolute Gasteiger partial charge is 0.220 e. The van der Waals surface area contributed by atoms with Crippen LogP contribution in [0.5, 0.6) is 0 Å². The van der Waals surface area contributed by atoms with E-state index in [0.29, 0.717) is 13.1 Å². The molecule has 4 nitrogen and oxygen atoms in total. The van der Waals surface area contributed by atoms with Crippen LogP contribution in [0.4, 0.5) is 0 Å². The Labute approximate surface area is 84.9 Å². The van der Waals surface area contributed by atoms with Crippen molar-refractivity contribution in [1.29, 1.82) is 0 Å². The van der Waals surface area contributed by atoms with Gasteiger partial charge in [-0.05, 0) is 13.8 Å². The third kappa shape index (κ3) is 2.05. The molecule has 1 rings (SSSR count). The van der Waals surface area contributed by atoms with Crippen molar-refractivity contribution in [2.24, 2.45) is 0 Å². The monoisotopic (exact) mass is 198 g/mol. The quantitative estimate of drug-likeness (QED) is 0.568. The highest BCUT2D eigenvalue weighted by molar-refractivity contribution is 5.76. The van der Waals surface area contributed by atoms with Gasteiger partial charge in [-0.25, -0.2) is 0 Å². The van der Waals surface area contributed by atoms with Crippen LogP contribution in [-0.4, -0.2) is 46.8 Å². The fourth-order valence-electron chi connectivity index (χ4n) is 2.20. The number of carbonyl (C=O) groups excluding carboxylic acids is 2. The normalized spacial score (nSPS) is 27.7. The average Bonchev–Trinajstić information content (AvgIpc) is 2.01. The molecule has 0 radical (unpaired) electrons. The van der Waals surface area contributed by atoms with Crippen molar-refractivity contribution >= 4 is 11.8 Å². The summed E-state index contributed by atoms with van der Waals surface area (Å²) in [6, 6.07) is 0.250. The molecule has 0 N–H and O–H groups in total. The molecule has 2 atom stereocenters. The Morgan fingerprint density at radius 2 is 1.43 bits per heavy atom. The van der Waals surface area contributed by atoms with E-state index in [1.165, 1.54) is 0 Å². The Morgan fingerprint density at radius 3 is 1.71 bits per heavy atom. The summed E-state index contributed by atoms with van der Waals surface area (Å²) in [7, 11) is 0. The maximum absolute atomic E-state index is 11.3. The van der Waals surface area contributed by atoms with Crippen LogP contribution in [0.3, 0.4) is 0 Å². The van der Waals surface area contributed by atoms with Gasteiger partial charge in [-0.1, -0.05) is 0 Å². The van der Waals surface area contributed by atoms with Crippen molar-refractivity contribution in [3.8, 4) is 0 Å². The maximum Gasteiger partial charge on any atom is 0.220 e. The molecule has 0 aliphatic carbocycles. The minimum Gasteiger partial charge on any atom is -0.339 e. The first-order chi connectivity index (χ1) is 6.43. The molecule has 0 bridgehead atoms. The van der Waals surface area contributed by atoms with Gasteiger partial charge in [-0.15, -0.1) is 0 Å². The summed E-state index contributed by atoms with van der Waals surface area (Å²) in [5.74, 6) is 0.181. The first-order valence-electron chi connectivity index (χ1n) is 4.98. The molecule has 1 fully saturated rings. The third-order valence-electron chi connectivity index (χ3n) is 2.73. The van der Waals surface area contributed by atoms with Gasteiger partial charge >= 0.3 is 0 Å². The predicted molar refractivity (Wildman–Crippen MR) is 53.7 cm³/mol. The van der Waals surface area contributed by atoms with Gasteiger partial charge in [-0.2, -0.15) is 0 Å². The summed E-state index contributed by atoms with van der Waals surface area (Å²) in [4.78, 5) is 26.2. The lowest BCUT2D eigenvalue weighted by atomic mass is 10.1. The standard InChI is InChI=1S/C10H18N2O2/c1-7-5-11(9(3)13)6-8(2)12(7)10(4)14/h7-8H,5-6H2,1-4H3. The highest BCUT2D eigenvalue weighted by atomic mass is 16.2. The number of rotatable bonds is 0. The zero-order valence-electron chi connectivity index (χ0n) is 9.28. The van der Waals surface area contributed by atoms with Gasteiger partial charge in [0.25, 0.3) is 0 Å². The molecule has 0 saturated carbocycles. The number of amides is 2. The van der Waals surface area contributed by atoms with Crippen LogP contribution in [0.15, 0.2) is 0 Å². The van der Waals surface area contributed by atoms with Crippen molar-refractivity contribution in [3.05, 3.63) is 0 Å². The second-order valence-corrected chi connectivity index (χ2v) is 4.05.